The van der Waals surface area contributed by atoms with E-state index in [1.807, 2.05) is 0 Å². The molecule has 0 unspecified atom stereocenters. The summed E-state index contributed by atoms with van der Waals surface area (Å²) in [6, 6.07) is 0. The van der Waals surface area contributed by atoms with Crippen molar-refractivity contribution in [3.05, 3.63) is 0 Å². The normalized spacial score (nSPS) is 42.8. The third kappa shape index (κ3) is 6.77. The van der Waals surface area contributed by atoms with Crippen LogP contribution in [0.4, 0.5) is 0 Å². The van der Waals surface area contributed by atoms with Gasteiger partial charge in [0.25, 0.3) is 0 Å². The molecule has 0 bridgehead atoms. The van der Waals surface area contributed by atoms with Gasteiger partial charge in [-0.25, -0.2) is 0 Å². The van der Waals surface area contributed by atoms with E-state index in [0.29, 0.717) is 23.0 Å². The molecule has 4 rings (SSSR count). The number of hydrogen-bond donors (Lipinski definition) is 0. The highest BCUT2D eigenvalue weighted by atomic mass is 28.4. The molecule has 0 heterocycles. The maximum absolute atomic E-state index is 7.22. The van der Waals surface area contributed by atoms with Crippen LogP contribution in [0.2, 0.25) is 58.9 Å². The molecule has 4 aliphatic carbocycles. The Morgan fingerprint density at radius 2 is 1.32 bits per heavy atom. The fourth-order valence-electron chi connectivity index (χ4n) is 10.1. The lowest BCUT2D eigenvalue weighted by Gasteiger charge is -2.64. The minimum absolute atomic E-state index is 0.462. The molecule has 4 aliphatic rings. The molecule has 0 aromatic heterocycles. The third-order valence-electron chi connectivity index (χ3n) is 11.5. The molecule has 4 fully saturated rings. The Bertz CT molecular complexity index is 814. The zero-order valence-corrected chi connectivity index (χ0v) is 30.4. The molecule has 0 aliphatic heterocycles. The standard InChI is InChI=1S/C32H64O3Si3/c1-23(17-20-33-36(4,5)6)26-13-14-27-30-28(16-19-32(26,27)3)31(2)18-15-25(34-37(7,8)9)21-24(31)22-29(30)35-38(10,11)12/h23-30H,13-22H2,1-12H3/t23-,24+,25-,26-,27+,28+,29-,30+,31+,32-/m1/s1. The molecule has 0 spiro atoms. The van der Waals surface area contributed by atoms with E-state index >= 15 is 0 Å². The Morgan fingerprint density at radius 3 is 1.92 bits per heavy atom. The summed E-state index contributed by atoms with van der Waals surface area (Å²) in [5.41, 5.74) is 0.946. The second kappa shape index (κ2) is 11.0. The van der Waals surface area contributed by atoms with Gasteiger partial charge < -0.3 is 13.3 Å². The highest BCUT2D eigenvalue weighted by molar-refractivity contribution is 6.70. The van der Waals surface area contributed by atoms with Gasteiger partial charge in [-0.05, 0) is 163 Å². The molecule has 222 valence electrons. The smallest absolute Gasteiger partial charge is 0.184 e. The van der Waals surface area contributed by atoms with Gasteiger partial charge in [-0.3, -0.25) is 0 Å². The van der Waals surface area contributed by atoms with Crippen molar-refractivity contribution >= 4 is 25.0 Å². The van der Waals surface area contributed by atoms with E-state index in [1.54, 1.807) is 0 Å². The van der Waals surface area contributed by atoms with Crippen molar-refractivity contribution in [2.75, 3.05) is 6.61 Å². The van der Waals surface area contributed by atoms with E-state index < -0.39 is 25.0 Å². The van der Waals surface area contributed by atoms with Crippen molar-refractivity contribution in [2.45, 2.75) is 150 Å². The molecule has 0 radical (unpaired) electrons. The number of hydrogen-bond acceptors (Lipinski definition) is 3. The van der Waals surface area contributed by atoms with Gasteiger partial charge in [0.15, 0.2) is 25.0 Å². The van der Waals surface area contributed by atoms with E-state index in [0.717, 1.165) is 42.1 Å². The Balaban J connectivity index is 1.56. The van der Waals surface area contributed by atoms with Crippen LogP contribution < -0.4 is 0 Å². The molecule has 0 saturated heterocycles. The van der Waals surface area contributed by atoms with E-state index in [2.05, 4.69) is 79.7 Å². The van der Waals surface area contributed by atoms with Gasteiger partial charge >= 0.3 is 0 Å². The van der Waals surface area contributed by atoms with Gasteiger partial charge in [-0.1, -0.05) is 20.8 Å². The Morgan fingerprint density at radius 1 is 0.711 bits per heavy atom. The van der Waals surface area contributed by atoms with Crippen molar-refractivity contribution in [1.29, 1.82) is 0 Å². The molecule has 4 saturated carbocycles. The fourth-order valence-corrected chi connectivity index (χ4v) is 13.2. The maximum Gasteiger partial charge on any atom is 0.184 e. The van der Waals surface area contributed by atoms with Crippen molar-refractivity contribution < 1.29 is 13.3 Å². The van der Waals surface area contributed by atoms with Crippen LogP contribution in [-0.4, -0.2) is 43.8 Å². The zero-order chi connectivity index (χ0) is 28.3. The Kier molecular flexibility index (Phi) is 9.09. The quantitative estimate of drug-likeness (QED) is 0.254. The summed E-state index contributed by atoms with van der Waals surface area (Å²) in [7, 11) is -4.58. The average Bonchev–Trinajstić information content (AvgIpc) is 3.09. The highest BCUT2D eigenvalue weighted by Gasteiger charge is 2.63. The predicted octanol–water partition coefficient (Wildman–Crippen LogP) is 9.57. The van der Waals surface area contributed by atoms with Crippen molar-refractivity contribution in [2.24, 2.45) is 46.3 Å². The second-order valence-corrected chi connectivity index (χ2v) is 31.0. The van der Waals surface area contributed by atoms with Gasteiger partial charge in [0.2, 0.25) is 0 Å². The maximum atomic E-state index is 7.22. The third-order valence-corrected chi connectivity index (χ3v) is 14.6. The van der Waals surface area contributed by atoms with Crippen LogP contribution in [0.5, 0.6) is 0 Å². The summed E-state index contributed by atoms with van der Waals surface area (Å²) >= 11 is 0. The van der Waals surface area contributed by atoms with Crippen LogP contribution in [-0.2, 0) is 13.3 Å². The fraction of sp³-hybridized carbons (Fsp3) is 1.00. The molecular weight excluding hydrogens is 517 g/mol. The van der Waals surface area contributed by atoms with Crippen LogP contribution in [0.1, 0.15) is 78.6 Å². The number of rotatable bonds is 9. The van der Waals surface area contributed by atoms with Gasteiger partial charge in [0, 0.05) is 18.8 Å². The molecule has 3 nitrogen and oxygen atoms in total. The summed E-state index contributed by atoms with van der Waals surface area (Å²) in [5.74, 6) is 4.79. The number of fused-ring (bicyclic) bond motifs is 5. The van der Waals surface area contributed by atoms with E-state index in [1.165, 1.54) is 57.8 Å². The van der Waals surface area contributed by atoms with Gasteiger partial charge in [0.1, 0.15) is 0 Å². The molecule has 38 heavy (non-hydrogen) atoms. The van der Waals surface area contributed by atoms with E-state index in [9.17, 15) is 0 Å². The van der Waals surface area contributed by atoms with Crippen molar-refractivity contribution in [3.8, 4) is 0 Å². The Labute approximate surface area is 240 Å². The SMILES string of the molecule is C[C@H](CCO[Si](C)(C)C)[C@H]1CC[C@H]2[C@@H]3[C@H](O[Si](C)(C)C)C[C@@H]4C[C@H](O[Si](C)(C)C)CC[C@]4(C)[C@H]3CC[C@]12C. The highest BCUT2D eigenvalue weighted by Crippen LogP contribution is 2.69. The predicted molar refractivity (Wildman–Crippen MR) is 170 cm³/mol. The lowest BCUT2D eigenvalue weighted by atomic mass is 9.43. The first kappa shape index (κ1) is 31.5. The van der Waals surface area contributed by atoms with Crippen LogP contribution in [0.3, 0.4) is 0 Å². The largest absolute Gasteiger partial charge is 0.418 e. The van der Waals surface area contributed by atoms with Crippen LogP contribution >= 0.6 is 0 Å². The monoisotopic (exact) mass is 580 g/mol. The molecule has 0 aromatic rings. The molecule has 0 aromatic carbocycles. The molecule has 10 atom stereocenters. The molecule has 0 amide bonds. The second-order valence-electron chi connectivity index (χ2n) is 17.6. The van der Waals surface area contributed by atoms with Gasteiger partial charge in [-0.2, -0.15) is 0 Å². The molecular formula is C32H64O3Si3. The minimum atomic E-state index is -1.64. The first-order valence-corrected chi connectivity index (χ1v) is 26.5. The van der Waals surface area contributed by atoms with Gasteiger partial charge in [-0.15, -0.1) is 0 Å². The van der Waals surface area contributed by atoms with Crippen LogP contribution in [0.25, 0.3) is 0 Å². The van der Waals surface area contributed by atoms with E-state index in [-0.39, 0.29) is 0 Å². The van der Waals surface area contributed by atoms with Gasteiger partial charge in [0.05, 0.1) is 0 Å². The molecule has 6 heteroatoms. The summed E-state index contributed by atoms with van der Waals surface area (Å²) < 4.78 is 20.3. The molecule has 0 N–H and O–H groups in total. The topological polar surface area (TPSA) is 27.7 Å². The lowest BCUT2D eigenvalue weighted by Crippen LogP contribution is -2.60. The lowest BCUT2D eigenvalue weighted by molar-refractivity contribution is -0.168. The minimum Gasteiger partial charge on any atom is -0.418 e. The first-order valence-electron chi connectivity index (χ1n) is 16.3. The average molecular weight is 581 g/mol. The Hall–Kier alpha value is 0.531. The van der Waals surface area contributed by atoms with Crippen LogP contribution in [0, 0.1) is 46.3 Å². The van der Waals surface area contributed by atoms with Crippen LogP contribution in [0.15, 0.2) is 0 Å². The zero-order valence-electron chi connectivity index (χ0n) is 27.4. The summed E-state index contributed by atoms with van der Waals surface area (Å²) in [4.78, 5) is 0. The van der Waals surface area contributed by atoms with E-state index in [4.69, 9.17) is 13.3 Å². The summed E-state index contributed by atoms with van der Waals surface area (Å²) in [6.07, 6.45) is 13.1. The first-order chi connectivity index (χ1) is 17.3. The van der Waals surface area contributed by atoms with Crippen molar-refractivity contribution in [1.82, 2.24) is 0 Å². The summed E-state index contributed by atoms with van der Waals surface area (Å²) in [5, 5.41) is 0. The van der Waals surface area contributed by atoms with Crippen molar-refractivity contribution in [3.63, 3.8) is 0 Å². The summed E-state index contributed by atoms with van der Waals surface area (Å²) in [6.45, 7) is 30.3.